The normalized spacial score (nSPS) is 10.5. The van der Waals surface area contributed by atoms with Gasteiger partial charge in [-0.15, -0.1) is 11.6 Å². The first-order valence-electron chi connectivity index (χ1n) is 5.24. The van der Waals surface area contributed by atoms with Crippen molar-refractivity contribution in [3.05, 3.63) is 40.9 Å². The number of hydrogen-bond donors (Lipinski definition) is 1. The number of rotatable bonds is 3. The van der Waals surface area contributed by atoms with Gasteiger partial charge in [-0.3, -0.25) is 4.79 Å². The van der Waals surface area contributed by atoms with Gasteiger partial charge in [-0.05, 0) is 35.0 Å². The summed E-state index contributed by atoms with van der Waals surface area (Å²) in [4.78, 5) is 11.4. The van der Waals surface area contributed by atoms with Crippen molar-refractivity contribution >= 4 is 49.9 Å². The monoisotopic (exact) mass is 311 g/mol. The van der Waals surface area contributed by atoms with Crippen LogP contribution in [0.2, 0.25) is 0 Å². The fourth-order valence-corrected chi connectivity index (χ4v) is 2.15. The van der Waals surface area contributed by atoms with Crippen LogP contribution in [-0.2, 0) is 4.79 Å². The van der Waals surface area contributed by atoms with Crippen LogP contribution in [-0.4, -0.2) is 11.8 Å². The van der Waals surface area contributed by atoms with E-state index in [-0.39, 0.29) is 5.91 Å². The number of halogens is 2. The molecule has 0 heterocycles. The van der Waals surface area contributed by atoms with Crippen molar-refractivity contribution < 1.29 is 4.79 Å². The number of anilines is 1. The largest absolute Gasteiger partial charge is 0.326 e. The molecule has 88 valence electrons. The number of carbonyl (C=O) groups is 1. The second-order valence-corrected chi connectivity index (χ2v) is 4.99. The predicted molar refractivity (Wildman–Crippen MR) is 75.6 cm³/mol. The van der Waals surface area contributed by atoms with E-state index in [1.54, 1.807) is 0 Å². The lowest BCUT2D eigenvalue weighted by Gasteiger charge is -2.06. The molecule has 2 aromatic carbocycles. The molecule has 4 heteroatoms. The van der Waals surface area contributed by atoms with Gasteiger partial charge < -0.3 is 5.32 Å². The molecule has 0 bridgehead atoms. The topological polar surface area (TPSA) is 29.1 Å². The standard InChI is InChI=1S/C13H11BrClNO/c14-11-3-1-10-8-12(4-2-9(10)7-11)16-13(17)5-6-15/h1-4,7-8H,5-6H2,(H,16,17). The molecule has 17 heavy (non-hydrogen) atoms. The molecule has 0 unspecified atom stereocenters. The van der Waals surface area contributed by atoms with Crippen LogP contribution in [0.25, 0.3) is 10.8 Å². The minimum absolute atomic E-state index is 0.0588. The zero-order valence-electron chi connectivity index (χ0n) is 9.04. The summed E-state index contributed by atoms with van der Waals surface area (Å²) in [6.45, 7) is 0. The van der Waals surface area contributed by atoms with Crippen LogP contribution in [0.4, 0.5) is 5.69 Å². The van der Waals surface area contributed by atoms with Crippen LogP contribution < -0.4 is 5.32 Å². The SMILES string of the molecule is O=C(CCCl)Nc1ccc2cc(Br)ccc2c1. The molecule has 0 aromatic heterocycles. The molecule has 0 aliphatic heterocycles. The van der Waals surface area contributed by atoms with E-state index in [4.69, 9.17) is 11.6 Å². The highest BCUT2D eigenvalue weighted by Gasteiger charge is 2.02. The van der Waals surface area contributed by atoms with Gasteiger partial charge in [-0.25, -0.2) is 0 Å². The Bertz CT molecular complexity index is 556. The van der Waals surface area contributed by atoms with Gasteiger partial charge >= 0.3 is 0 Å². The lowest BCUT2D eigenvalue weighted by Crippen LogP contribution is -2.11. The van der Waals surface area contributed by atoms with Gasteiger partial charge in [0.15, 0.2) is 0 Å². The van der Waals surface area contributed by atoms with Crippen molar-refractivity contribution in [2.75, 3.05) is 11.2 Å². The van der Waals surface area contributed by atoms with Crippen LogP contribution in [0.15, 0.2) is 40.9 Å². The maximum absolute atomic E-state index is 11.4. The lowest BCUT2D eigenvalue weighted by molar-refractivity contribution is -0.115. The van der Waals surface area contributed by atoms with Gasteiger partial charge in [0.2, 0.25) is 5.91 Å². The maximum atomic E-state index is 11.4. The highest BCUT2D eigenvalue weighted by molar-refractivity contribution is 9.10. The van der Waals surface area contributed by atoms with Crippen molar-refractivity contribution in [2.24, 2.45) is 0 Å². The summed E-state index contributed by atoms with van der Waals surface area (Å²) in [6.07, 6.45) is 0.333. The van der Waals surface area contributed by atoms with Crippen molar-refractivity contribution in [3.63, 3.8) is 0 Å². The molecule has 0 aliphatic carbocycles. The van der Waals surface area contributed by atoms with E-state index in [0.29, 0.717) is 12.3 Å². The maximum Gasteiger partial charge on any atom is 0.225 e. The number of benzene rings is 2. The number of amides is 1. The number of hydrogen-bond acceptors (Lipinski definition) is 1. The summed E-state index contributed by atoms with van der Waals surface area (Å²) >= 11 is 8.94. The molecule has 0 aliphatic rings. The highest BCUT2D eigenvalue weighted by atomic mass is 79.9. The third kappa shape index (κ3) is 3.20. The molecule has 0 saturated heterocycles. The Balaban J connectivity index is 2.26. The van der Waals surface area contributed by atoms with E-state index in [2.05, 4.69) is 21.2 Å². The molecule has 0 spiro atoms. The van der Waals surface area contributed by atoms with Crippen molar-refractivity contribution in [1.82, 2.24) is 0 Å². The first-order chi connectivity index (χ1) is 8.19. The fraction of sp³-hybridized carbons (Fsp3) is 0.154. The van der Waals surface area contributed by atoms with Crippen LogP contribution in [0.5, 0.6) is 0 Å². The number of fused-ring (bicyclic) bond motifs is 1. The third-order valence-electron chi connectivity index (χ3n) is 2.41. The molecule has 0 saturated carbocycles. The van der Waals surface area contributed by atoms with E-state index >= 15 is 0 Å². The van der Waals surface area contributed by atoms with Gasteiger partial charge in [0.05, 0.1) is 0 Å². The van der Waals surface area contributed by atoms with E-state index in [1.807, 2.05) is 36.4 Å². The Hall–Kier alpha value is -1.06. The Morgan fingerprint density at radius 2 is 1.88 bits per heavy atom. The summed E-state index contributed by atoms with van der Waals surface area (Å²) in [5.41, 5.74) is 0.801. The number of nitrogens with one attached hydrogen (secondary N) is 1. The lowest BCUT2D eigenvalue weighted by atomic mass is 10.1. The molecule has 2 nitrogen and oxygen atoms in total. The Morgan fingerprint density at radius 1 is 1.18 bits per heavy atom. The van der Waals surface area contributed by atoms with E-state index in [0.717, 1.165) is 20.9 Å². The molecule has 0 radical (unpaired) electrons. The third-order valence-corrected chi connectivity index (χ3v) is 3.09. The summed E-state index contributed by atoms with van der Waals surface area (Å²) in [5, 5.41) is 5.04. The Labute approximate surface area is 113 Å². The van der Waals surface area contributed by atoms with Crippen LogP contribution in [0.3, 0.4) is 0 Å². The average Bonchev–Trinajstić information content (AvgIpc) is 2.29. The van der Waals surface area contributed by atoms with Gasteiger partial charge in [-0.2, -0.15) is 0 Å². The van der Waals surface area contributed by atoms with Crippen LogP contribution >= 0.6 is 27.5 Å². The van der Waals surface area contributed by atoms with Crippen molar-refractivity contribution in [1.29, 1.82) is 0 Å². The van der Waals surface area contributed by atoms with Crippen molar-refractivity contribution in [3.8, 4) is 0 Å². The summed E-state index contributed by atoms with van der Waals surface area (Å²) < 4.78 is 1.05. The molecule has 1 N–H and O–H groups in total. The first-order valence-corrected chi connectivity index (χ1v) is 6.57. The minimum atomic E-state index is -0.0588. The number of alkyl halides is 1. The average molecular weight is 313 g/mol. The Kier molecular flexibility index (Phi) is 4.02. The molecule has 0 fully saturated rings. The zero-order valence-corrected chi connectivity index (χ0v) is 11.4. The van der Waals surface area contributed by atoms with Gasteiger partial charge in [0, 0.05) is 22.5 Å². The molecule has 2 aromatic rings. The van der Waals surface area contributed by atoms with Gasteiger partial charge in [0.25, 0.3) is 0 Å². The van der Waals surface area contributed by atoms with Crippen molar-refractivity contribution in [2.45, 2.75) is 6.42 Å². The van der Waals surface area contributed by atoms with Gasteiger partial charge in [-0.1, -0.05) is 28.1 Å². The molecule has 2 rings (SSSR count). The number of carbonyl (C=O) groups excluding carboxylic acids is 1. The molecule has 1 amide bonds. The second-order valence-electron chi connectivity index (χ2n) is 3.69. The van der Waals surface area contributed by atoms with E-state index < -0.39 is 0 Å². The minimum Gasteiger partial charge on any atom is -0.326 e. The highest BCUT2D eigenvalue weighted by Crippen LogP contribution is 2.23. The Morgan fingerprint density at radius 3 is 2.65 bits per heavy atom. The van der Waals surface area contributed by atoms with E-state index in [9.17, 15) is 4.79 Å². The van der Waals surface area contributed by atoms with E-state index in [1.165, 1.54) is 0 Å². The molecular weight excluding hydrogens is 302 g/mol. The van der Waals surface area contributed by atoms with Gasteiger partial charge in [0.1, 0.15) is 0 Å². The molecule has 0 atom stereocenters. The fourth-order valence-electron chi connectivity index (χ4n) is 1.60. The summed E-state index contributed by atoms with van der Waals surface area (Å²) in [7, 11) is 0. The summed E-state index contributed by atoms with van der Waals surface area (Å²) in [5.74, 6) is 0.281. The van der Waals surface area contributed by atoms with Crippen LogP contribution in [0.1, 0.15) is 6.42 Å². The van der Waals surface area contributed by atoms with Crippen LogP contribution in [0, 0.1) is 0 Å². The zero-order chi connectivity index (χ0) is 12.3. The molecular formula is C13H11BrClNO. The summed E-state index contributed by atoms with van der Waals surface area (Å²) in [6, 6.07) is 11.9. The quantitative estimate of drug-likeness (QED) is 0.847. The first kappa shape index (κ1) is 12.4. The predicted octanol–water partition coefficient (Wildman–Crippen LogP) is 4.17. The second kappa shape index (κ2) is 5.52. The smallest absolute Gasteiger partial charge is 0.225 e.